The Morgan fingerprint density at radius 3 is 2.70 bits per heavy atom. The summed E-state index contributed by atoms with van der Waals surface area (Å²) in [5, 5.41) is 2.16. The molecule has 0 atom stereocenters. The second-order valence-corrected chi connectivity index (χ2v) is 6.71. The third-order valence-corrected chi connectivity index (χ3v) is 4.97. The highest BCUT2D eigenvalue weighted by Gasteiger charge is 2.14. The van der Waals surface area contributed by atoms with Crippen molar-refractivity contribution in [2.24, 2.45) is 0 Å². The Labute approximate surface area is 141 Å². The van der Waals surface area contributed by atoms with E-state index in [2.05, 4.69) is 35.4 Å². The van der Waals surface area contributed by atoms with Crippen molar-refractivity contribution in [3.8, 4) is 11.5 Å². The van der Waals surface area contributed by atoms with E-state index in [-0.39, 0.29) is 0 Å². The van der Waals surface area contributed by atoms with Crippen LogP contribution < -0.4 is 9.47 Å². The summed E-state index contributed by atoms with van der Waals surface area (Å²) in [7, 11) is 1.75. The number of rotatable bonds is 7. The van der Waals surface area contributed by atoms with Gasteiger partial charge in [0.1, 0.15) is 13.2 Å². The maximum atomic E-state index is 5.69. The molecule has 124 valence electrons. The fraction of sp³-hybridized carbons (Fsp3) is 0.444. The Bertz CT molecular complexity index is 641. The molecule has 0 N–H and O–H groups in total. The summed E-state index contributed by atoms with van der Waals surface area (Å²) in [6.45, 7) is 6.88. The van der Waals surface area contributed by atoms with Crippen LogP contribution in [0.15, 0.2) is 29.6 Å². The summed E-state index contributed by atoms with van der Waals surface area (Å²) >= 11 is 1.82. The molecule has 2 heterocycles. The Morgan fingerprint density at radius 1 is 1.13 bits per heavy atom. The predicted molar refractivity (Wildman–Crippen MR) is 92.5 cm³/mol. The average molecular weight is 333 g/mol. The first-order chi connectivity index (χ1) is 11.3. The molecule has 0 amide bonds. The second kappa shape index (κ2) is 7.81. The second-order valence-electron chi connectivity index (χ2n) is 5.71. The summed E-state index contributed by atoms with van der Waals surface area (Å²) in [5.41, 5.74) is 2.60. The third-order valence-electron chi connectivity index (χ3n) is 3.96. The van der Waals surface area contributed by atoms with Crippen molar-refractivity contribution in [3.05, 3.63) is 45.6 Å². The molecule has 0 aliphatic carbocycles. The summed E-state index contributed by atoms with van der Waals surface area (Å²) in [4.78, 5) is 3.83. The van der Waals surface area contributed by atoms with Crippen LogP contribution in [0.25, 0.3) is 0 Å². The van der Waals surface area contributed by atoms with E-state index in [0.29, 0.717) is 13.2 Å². The average Bonchev–Trinajstić information content (AvgIpc) is 2.97. The van der Waals surface area contributed by atoms with Crippen molar-refractivity contribution in [2.75, 3.05) is 33.5 Å². The van der Waals surface area contributed by atoms with Gasteiger partial charge < -0.3 is 14.2 Å². The molecular formula is C18H23NO3S. The highest BCUT2D eigenvalue weighted by Crippen LogP contribution is 2.31. The molecule has 4 nitrogen and oxygen atoms in total. The summed E-state index contributed by atoms with van der Waals surface area (Å²) in [6, 6.07) is 8.40. The highest BCUT2D eigenvalue weighted by molar-refractivity contribution is 7.10. The lowest BCUT2D eigenvalue weighted by atomic mass is 10.1. The monoisotopic (exact) mass is 333 g/mol. The van der Waals surface area contributed by atoms with Gasteiger partial charge in [0.25, 0.3) is 0 Å². The Morgan fingerprint density at radius 2 is 1.96 bits per heavy atom. The normalized spacial score (nSPS) is 13.5. The van der Waals surface area contributed by atoms with Gasteiger partial charge in [-0.05, 0) is 41.6 Å². The van der Waals surface area contributed by atoms with E-state index in [0.717, 1.165) is 37.7 Å². The molecule has 5 heteroatoms. The Hall–Kier alpha value is -1.56. The zero-order chi connectivity index (χ0) is 16.1. The number of hydrogen-bond donors (Lipinski definition) is 0. The fourth-order valence-electron chi connectivity index (χ4n) is 2.65. The molecule has 1 aromatic heterocycles. The topological polar surface area (TPSA) is 30.9 Å². The first-order valence-corrected chi connectivity index (χ1v) is 8.77. The van der Waals surface area contributed by atoms with Gasteiger partial charge in [-0.15, -0.1) is 11.3 Å². The first-order valence-electron chi connectivity index (χ1n) is 7.89. The Balaban J connectivity index is 1.71. The molecular weight excluding hydrogens is 310 g/mol. The lowest BCUT2D eigenvalue weighted by molar-refractivity contribution is 0.140. The lowest BCUT2D eigenvalue weighted by Gasteiger charge is -2.23. The predicted octanol–water partition coefficient (Wildman–Crippen LogP) is 3.48. The molecule has 0 radical (unpaired) electrons. The van der Waals surface area contributed by atoms with Gasteiger partial charge in [-0.3, -0.25) is 4.90 Å². The number of hydrogen-bond acceptors (Lipinski definition) is 5. The van der Waals surface area contributed by atoms with Crippen LogP contribution in [0.3, 0.4) is 0 Å². The summed E-state index contributed by atoms with van der Waals surface area (Å²) < 4.78 is 16.5. The number of fused-ring (bicyclic) bond motifs is 1. The van der Waals surface area contributed by atoms with Gasteiger partial charge in [0.2, 0.25) is 0 Å². The molecule has 23 heavy (non-hydrogen) atoms. The minimum Gasteiger partial charge on any atom is -0.486 e. The molecule has 0 unspecified atom stereocenters. The summed E-state index contributed by atoms with van der Waals surface area (Å²) in [6.07, 6.45) is 0. The number of benzene rings is 1. The van der Waals surface area contributed by atoms with Crippen LogP contribution in [0, 0.1) is 6.92 Å². The van der Waals surface area contributed by atoms with Gasteiger partial charge in [-0.1, -0.05) is 6.07 Å². The minimum atomic E-state index is 0.623. The number of aryl methyl sites for hydroxylation is 1. The van der Waals surface area contributed by atoms with Crippen LogP contribution in [-0.2, 0) is 17.8 Å². The van der Waals surface area contributed by atoms with Gasteiger partial charge in [-0.2, -0.15) is 0 Å². The number of ether oxygens (including phenoxy) is 3. The molecule has 0 spiro atoms. The van der Waals surface area contributed by atoms with E-state index >= 15 is 0 Å². The van der Waals surface area contributed by atoms with E-state index in [9.17, 15) is 0 Å². The number of thiophene rings is 1. The van der Waals surface area contributed by atoms with Crippen LogP contribution in [0.5, 0.6) is 11.5 Å². The maximum absolute atomic E-state index is 5.69. The molecule has 0 fully saturated rings. The first kappa shape index (κ1) is 16.3. The van der Waals surface area contributed by atoms with E-state index in [1.165, 1.54) is 16.0 Å². The molecule has 3 rings (SSSR count). The third kappa shape index (κ3) is 4.25. The van der Waals surface area contributed by atoms with Crippen LogP contribution in [0.4, 0.5) is 0 Å². The summed E-state index contributed by atoms with van der Waals surface area (Å²) in [5.74, 6) is 1.70. The van der Waals surface area contributed by atoms with Crippen molar-refractivity contribution in [2.45, 2.75) is 20.0 Å². The molecule has 1 aliphatic heterocycles. The van der Waals surface area contributed by atoms with Gasteiger partial charge in [0.15, 0.2) is 11.5 Å². The molecule has 1 aromatic carbocycles. The van der Waals surface area contributed by atoms with Gasteiger partial charge in [0.05, 0.1) is 6.61 Å². The molecule has 0 bridgehead atoms. The van der Waals surface area contributed by atoms with Crippen molar-refractivity contribution >= 4 is 11.3 Å². The van der Waals surface area contributed by atoms with Crippen LogP contribution in [0.2, 0.25) is 0 Å². The maximum Gasteiger partial charge on any atom is 0.161 e. The minimum absolute atomic E-state index is 0.623. The van der Waals surface area contributed by atoms with Crippen molar-refractivity contribution < 1.29 is 14.2 Å². The SMILES string of the molecule is COCCN(Cc1ccc2c(c1)OCCO2)Cc1sccc1C. The number of methoxy groups -OCH3 is 1. The van der Waals surface area contributed by atoms with Gasteiger partial charge in [-0.25, -0.2) is 0 Å². The quantitative estimate of drug-likeness (QED) is 0.776. The van der Waals surface area contributed by atoms with Crippen LogP contribution in [0.1, 0.15) is 16.0 Å². The molecule has 0 saturated carbocycles. The van der Waals surface area contributed by atoms with Gasteiger partial charge in [0, 0.05) is 31.6 Å². The van der Waals surface area contributed by atoms with E-state index in [1.54, 1.807) is 7.11 Å². The number of nitrogens with zero attached hydrogens (tertiary/aromatic N) is 1. The van der Waals surface area contributed by atoms with Crippen molar-refractivity contribution in [1.29, 1.82) is 0 Å². The zero-order valence-corrected chi connectivity index (χ0v) is 14.5. The standard InChI is InChI=1S/C18H23NO3S/c1-14-5-10-23-18(14)13-19(6-7-20-2)12-15-3-4-16-17(11-15)22-9-8-21-16/h3-5,10-11H,6-9,12-13H2,1-2H3. The van der Waals surface area contributed by atoms with E-state index in [1.807, 2.05) is 17.4 Å². The zero-order valence-electron chi connectivity index (χ0n) is 13.7. The van der Waals surface area contributed by atoms with Gasteiger partial charge >= 0.3 is 0 Å². The van der Waals surface area contributed by atoms with Crippen LogP contribution >= 0.6 is 11.3 Å². The van der Waals surface area contributed by atoms with Crippen molar-refractivity contribution in [3.63, 3.8) is 0 Å². The van der Waals surface area contributed by atoms with E-state index < -0.39 is 0 Å². The van der Waals surface area contributed by atoms with Crippen LogP contribution in [-0.4, -0.2) is 38.4 Å². The molecule has 1 aliphatic rings. The molecule has 2 aromatic rings. The highest BCUT2D eigenvalue weighted by atomic mass is 32.1. The largest absolute Gasteiger partial charge is 0.486 e. The smallest absolute Gasteiger partial charge is 0.161 e. The Kier molecular flexibility index (Phi) is 5.54. The van der Waals surface area contributed by atoms with E-state index in [4.69, 9.17) is 14.2 Å². The lowest BCUT2D eigenvalue weighted by Crippen LogP contribution is -2.26. The fourth-order valence-corrected chi connectivity index (χ4v) is 3.60. The molecule has 0 saturated heterocycles. The van der Waals surface area contributed by atoms with Crippen molar-refractivity contribution in [1.82, 2.24) is 4.90 Å².